The van der Waals surface area contributed by atoms with Gasteiger partial charge in [-0.05, 0) is 48.7 Å². The molecule has 5 nitrogen and oxygen atoms in total. The molecule has 1 amide bonds. The minimum absolute atomic E-state index is 0.0471. The lowest BCUT2D eigenvalue weighted by Crippen LogP contribution is -2.39. The van der Waals surface area contributed by atoms with Crippen molar-refractivity contribution in [3.8, 4) is 0 Å². The van der Waals surface area contributed by atoms with Crippen LogP contribution in [-0.2, 0) is 7.05 Å². The average molecular weight is 362 g/mol. The van der Waals surface area contributed by atoms with Crippen LogP contribution in [-0.4, -0.2) is 39.5 Å². The summed E-state index contributed by atoms with van der Waals surface area (Å²) in [5.74, 6) is -0.709. The third kappa shape index (κ3) is 3.21. The number of aromatic carboxylic acids is 1. The molecule has 1 fully saturated rings. The molecule has 3 aromatic rings. The second-order valence-electron chi connectivity index (χ2n) is 7.19. The average Bonchev–Trinajstić information content (AvgIpc) is 3.09. The molecule has 2 aromatic carbocycles. The quantitative estimate of drug-likeness (QED) is 0.769. The lowest BCUT2D eigenvalue weighted by Gasteiger charge is -2.33. The number of nitrogens with zero attached hydrogens (tertiary/aromatic N) is 2. The minimum Gasteiger partial charge on any atom is -0.478 e. The van der Waals surface area contributed by atoms with Crippen LogP contribution in [0.2, 0.25) is 0 Å². The number of carbonyl (C=O) groups is 2. The van der Waals surface area contributed by atoms with Gasteiger partial charge in [-0.1, -0.05) is 18.2 Å². The molecule has 5 heteroatoms. The third-order valence-electron chi connectivity index (χ3n) is 5.47. The summed E-state index contributed by atoms with van der Waals surface area (Å²) in [7, 11) is 1.98. The van der Waals surface area contributed by atoms with E-state index in [1.807, 2.05) is 53.0 Å². The lowest BCUT2D eigenvalue weighted by atomic mass is 9.89. The highest BCUT2D eigenvalue weighted by Gasteiger charge is 2.27. The first-order valence-corrected chi connectivity index (χ1v) is 9.21. The minimum atomic E-state index is -0.920. The first-order chi connectivity index (χ1) is 13.0. The van der Waals surface area contributed by atoms with Crippen LogP contribution in [0.1, 0.15) is 45.0 Å². The van der Waals surface area contributed by atoms with Crippen molar-refractivity contribution in [1.29, 1.82) is 0 Å². The Bertz CT molecular complexity index is 1020. The third-order valence-corrected chi connectivity index (χ3v) is 5.47. The summed E-state index contributed by atoms with van der Waals surface area (Å²) in [6.45, 7) is 1.35. The number of piperidine rings is 1. The summed E-state index contributed by atoms with van der Waals surface area (Å²) in [5.41, 5.74) is 3.06. The molecule has 0 unspecified atom stereocenters. The van der Waals surface area contributed by atoms with Gasteiger partial charge in [0.1, 0.15) is 0 Å². The van der Waals surface area contributed by atoms with Gasteiger partial charge in [-0.2, -0.15) is 0 Å². The van der Waals surface area contributed by atoms with Gasteiger partial charge in [-0.3, -0.25) is 4.79 Å². The Labute approximate surface area is 157 Å². The van der Waals surface area contributed by atoms with Gasteiger partial charge >= 0.3 is 5.97 Å². The van der Waals surface area contributed by atoms with Crippen molar-refractivity contribution in [2.24, 2.45) is 7.05 Å². The number of rotatable bonds is 3. The van der Waals surface area contributed by atoms with Gasteiger partial charge in [0, 0.05) is 48.7 Å². The topological polar surface area (TPSA) is 62.5 Å². The van der Waals surface area contributed by atoms with E-state index in [9.17, 15) is 14.7 Å². The van der Waals surface area contributed by atoms with Crippen molar-refractivity contribution in [3.05, 3.63) is 71.4 Å². The number of likely N-dealkylation sites (tertiary alicyclic amines) is 1. The Morgan fingerprint density at radius 1 is 1.11 bits per heavy atom. The fourth-order valence-corrected chi connectivity index (χ4v) is 4.02. The van der Waals surface area contributed by atoms with Crippen LogP contribution < -0.4 is 0 Å². The van der Waals surface area contributed by atoms with Crippen LogP contribution >= 0.6 is 0 Å². The van der Waals surface area contributed by atoms with Crippen molar-refractivity contribution in [3.63, 3.8) is 0 Å². The Hall–Kier alpha value is -3.08. The molecule has 2 heterocycles. The van der Waals surface area contributed by atoms with Gasteiger partial charge in [0.15, 0.2) is 0 Å². The molecule has 0 saturated carbocycles. The smallest absolute Gasteiger partial charge is 0.335 e. The predicted molar refractivity (Wildman–Crippen MR) is 104 cm³/mol. The second-order valence-corrected chi connectivity index (χ2v) is 7.19. The van der Waals surface area contributed by atoms with Crippen LogP contribution in [0, 0.1) is 0 Å². The van der Waals surface area contributed by atoms with Crippen LogP contribution in [0.5, 0.6) is 0 Å². The van der Waals surface area contributed by atoms with E-state index in [0.717, 1.165) is 41.4 Å². The molecular formula is C22H22N2O3. The number of hydrogen-bond donors (Lipinski definition) is 1. The summed E-state index contributed by atoms with van der Waals surface area (Å²) < 4.78 is 2.02. The molecule has 1 saturated heterocycles. The fourth-order valence-electron chi connectivity index (χ4n) is 4.02. The van der Waals surface area contributed by atoms with Gasteiger partial charge < -0.3 is 14.6 Å². The predicted octanol–water partition coefficient (Wildman–Crippen LogP) is 3.90. The van der Waals surface area contributed by atoms with Crippen LogP contribution in [0.3, 0.4) is 0 Å². The van der Waals surface area contributed by atoms with E-state index in [2.05, 4.69) is 0 Å². The summed E-state index contributed by atoms with van der Waals surface area (Å²) in [4.78, 5) is 26.4. The summed E-state index contributed by atoms with van der Waals surface area (Å²) in [5, 5.41) is 10.2. The number of carboxylic acid groups (broad SMARTS) is 1. The van der Waals surface area contributed by atoms with Crippen molar-refractivity contribution in [1.82, 2.24) is 9.47 Å². The molecule has 0 aliphatic carbocycles. The zero-order valence-corrected chi connectivity index (χ0v) is 15.3. The van der Waals surface area contributed by atoms with Crippen LogP contribution in [0.25, 0.3) is 10.9 Å². The zero-order chi connectivity index (χ0) is 19.0. The van der Waals surface area contributed by atoms with Crippen molar-refractivity contribution < 1.29 is 14.7 Å². The first kappa shape index (κ1) is 17.3. The standard InChI is InChI=1S/C22H22N2O3/c1-23-12-10-18-19(8-3-9-20(18)23)21(25)24-11-4-7-17(14-24)15-5-2-6-16(13-15)22(26)27/h2-3,5-6,8-10,12-13,17H,4,7,11,14H2,1H3,(H,26,27)/t17-/m0/s1. The maximum absolute atomic E-state index is 13.2. The highest BCUT2D eigenvalue weighted by Crippen LogP contribution is 2.29. The lowest BCUT2D eigenvalue weighted by molar-refractivity contribution is 0.0688. The summed E-state index contributed by atoms with van der Waals surface area (Å²) in [6.07, 6.45) is 3.85. The van der Waals surface area contributed by atoms with Crippen molar-refractivity contribution >= 4 is 22.8 Å². The number of amides is 1. The molecule has 1 aromatic heterocycles. The van der Waals surface area contributed by atoms with E-state index >= 15 is 0 Å². The summed E-state index contributed by atoms with van der Waals surface area (Å²) in [6, 6.07) is 14.9. The van der Waals surface area contributed by atoms with Gasteiger partial charge in [0.05, 0.1) is 5.56 Å². The maximum atomic E-state index is 13.2. The molecular weight excluding hydrogens is 340 g/mol. The fraction of sp³-hybridized carbons (Fsp3) is 0.273. The molecule has 27 heavy (non-hydrogen) atoms. The van der Waals surface area contributed by atoms with Crippen LogP contribution in [0.4, 0.5) is 0 Å². The van der Waals surface area contributed by atoms with E-state index in [1.54, 1.807) is 18.2 Å². The maximum Gasteiger partial charge on any atom is 0.335 e. The number of hydrogen-bond acceptors (Lipinski definition) is 2. The Morgan fingerprint density at radius 3 is 2.74 bits per heavy atom. The van der Waals surface area contributed by atoms with Gasteiger partial charge in [-0.25, -0.2) is 4.79 Å². The monoisotopic (exact) mass is 362 g/mol. The molecule has 1 atom stereocenters. The molecule has 138 valence electrons. The Morgan fingerprint density at radius 2 is 1.93 bits per heavy atom. The number of aromatic nitrogens is 1. The highest BCUT2D eigenvalue weighted by atomic mass is 16.4. The Balaban J connectivity index is 1.60. The number of fused-ring (bicyclic) bond motifs is 1. The summed E-state index contributed by atoms with van der Waals surface area (Å²) >= 11 is 0. The number of carbonyl (C=O) groups excluding carboxylic acids is 1. The second kappa shape index (κ2) is 6.91. The van der Waals surface area contributed by atoms with Crippen LogP contribution in [0.15, 0.2) is 54.7 Å². The first-order valence-electron chi connectivity index (χ1n) is 9.21. The SMILES string of the molecule is Cn1ccc2c(C(=O)N3CCC[C@H](c4cccc(C(=O)O)c4)C3)cccc21. The van der Waals surface area contributed by atoms with Crippen molar-refractivity contribution in [2.45, 2.75) is 18.8 Å². The molecule has 4 rings (SSSR count). The Kier molecular flexibility index (Phi) is 4.44. The largest absolute Gasteiger partial charge is 0.478 e. The molecule has 1 aliphatic rings. The van der Waals surface area contributed by atoms with Gasteiger partial charge in [0.2, 0.25) is 0 Å². The highest BCUT2D eigenvalue weighted by molar-refractivity contribution is 6.06. The van der Waals surface area contributed by atoms with E-state index in [0.29, 0.717) is 12.1 Å². The molecule has 0 bridgehead atoms. The van der Waals surface area contributed by atoms with E-state index in [1.165, 1.54) is 0 Å². The van der Waals surface area contributed by atoms with E-state index in [-0.39, 0.29) is 11.8 Å². The molecule has 1 N–H and O–H groups in total. The molecule has 1 aliphatic heterocycles. The van der Waals surface area contributed by atoms with Gasteiger partial charge in [-0.15, -0.1) is 0 Å². The number of carboxylic acids is 1. The number of benzene rings is 2. The van der Waals surface area contributed by atoms with E-state index < -0.39 is 5.97 Å². The van der Waals surface area contributed by atoms with Crippen molar-refractivity contribution in [2.75, 3.05) is 13.1 Å². The number of aryl methyl sites for hydroxylation is 1. The zero-order valence-electron chi connectivity index (χ0n) is 15.3. The van der Waals surface area contributed by atoms with Gasteiger partial charge in [0.25, 0.3) is 5.91 Å². The molecule has 0 spiro atoms. The van der Waals surface area contributed by atoms with E-state index in [4.69, 9.17) is 0 Å². The molecule has 0 radical (unpaired) electrons. The normalized spacial score (nSPS) is 17.2.